The molecular weight excluding hydrogens is 301 g/mol. The summed E-state index contributed by atoms with van der Waals surface area (Å²) >= 11 is 0. The van der Waals surface area contributed by atoms with E-state index in [-0.39, 0.29) is 6.42 Å². The van der Waals surface area contributed by atoms with Gasteiger partial charge in [-0.3, -0.25) is 0 Å². The number of aldehydes is 1. The molecule has 2 nitrogen and oxygen atoms in total. The number of rotatable bonds is 5. The average Bonchev–Trinajstić information content (AvgIpc) is 2.60. The van der Waals surface area contributed by atoms with E-state index < -0.39 is 11.4 Å². The third-order valence-corrected chi connectivity index (χ3v) is 4.34. The second-order valence-electron chi connectivity index (χ2n) is 5.83. The fourth-order valence-corrected chi connectivity index (χ4v) is 3.30. The molecule has 0 N–H and O–H groups in total. The van der Waals surface area contributed by atoms with Gasteiger partial charge in [-0.25, -0.2) is 4.98 Å². The number of carbonyl (C=O) groups excluding carboxylic acids is 1. The monoisotopic (exact) mass is 319 g/mol. The van der Waals surface area contributed by atoms with Gasteiger partial charge in [0.05, 0.1) is 5.41 Å². The third kappa shape index (κ3) is 2.85. The van der Waals surface area contributed by atoms with Crippen LogP contribution in [0.3, 0.4) is 0 Å². The number of pyridine rings is 1. The van der Waals surface area contributed by atoms with Gasteiger partial charge in [0, 0.05) is 12.1 Å². The number of nitrogens with zero attached hydrogens (tertiary/aromatic N) is 1. The summed E-state index contributed by atoms with van der Waals surface area (Å²) in [4.78, 5) is 15.4. The third-order valence-electron chi connectivity index (χ3n) is 4.34. The first kappa shape index (κ1) is 16.1. The van der Waals surface area contributed by atoms with Crippen molar-refractivity contribution < 1.29 is 9.18 Å². The average molecular weight is 319 g/mol. The lowest BCUT2D eigenvalue weighted by Gasteiger charge is -2.34. The highest BCUT2D eigenvalue weighted by Crippen LogP contribution is 2.41. The highest BCUT2D eigenvalue weighted by atomic mass is 19.1. The fourth-order valence-electron chi connectivity index (χ4n) is 3.30. The summed E-state index contributed by atoms with van der Waals surface area (Å²) in [5.74, 6) is -0.535. The smallest absolute Gasteiger partial charge is 0.213 e. The lowest BCUT2D eigenvalue weighted by molar-refractivity contribution is -0.108. The van der Waals surface area contributed by atoms with Crippen LogP contribution in [0.2, 0.25) is 0 Å². The van der Waals surface area contributed by atoms with Gasteiger partial charge in [-0.2, -0.15) is 4.39 Å². The zero-order valence-electron chi connectivity index (χ0n) is 13.4. The Morgan fingerprint density at radius 1 is 0.917 bits per heavy atom. The molecule has 0 saturated carbocycles. The van der Waals surface area contributed by atoms with Crippen LogP contribution in [0, 0.1) is 12.9 Å². The number of hydrogen-bond donors (Lipinski definition) is 0. The van der Waals surface area contributed by atoms with E-state index in [1.165, 1.54) is 6.07 Å². The zero-order chi connectivity index (χ0) is 17.0. The zero-order valence-corrected chi connectivity index (χ0v) is 13.4. The fraction of sp³-hybridized carbons (Fsp3) is 0.143. The van der Waals surface area contributed by atoms with E-state index in [2.05, 4.69) is 4.98 Å². The topological polar surface area (TPSA) is 30.0 Å². The van der Waals surface area contributed by atoms with Crippen molar-refractivity contribution in [3.63, 3.8) is 0 Å². The standard InChI is InChI=1S/C21H18FNO/c1-16-14-19(15-20(22)23-16)21(12-13-24,17-8-4-2-5-9-17)18-10-6-3-7-11-18/h2-11,13-15H,12H2,1H3. The first-order chi connectivity index (χ1) is 11.7. The quantitative estimate of drug-likeness (QED) is 0.513. The maximum atomic E-state index is 14.0. The molecule has 0 aliphatic rings. The van der Waals surface area contributed by atoms with Gasteiger partial charge in [-0.15, -0.1) is 0 Å². The molecule has 1 aromatic heterocycles. The molecule has 24 heavy (non-hydrogen) atoms. The Kier molecular flexibility index (Phi) is 4.52. The van der Waals surface area contributed by atoms with E-state index in [1.807, 2.05) is 66.7 Å². The van der Waals surface area contributed by atoms with Crippen molar-refractivity contribution >= 4 is 6.29 Å². The molecule has 0 bridgehead atoms. The predicted octanol–water partition coefficient (Wildman–Crippen LogP) is 4.45. The van der Waals surface area contributed by atoms with E-state index in [1.54, 1.807) is 6.92 Å². The molecule has 0 amide bonds. The Morgan fingerprint density at radius 3 is 1.92 bits per heavy atom. The van der Waals surface area contributed by atoms with Gasteiger partial charge in [0.15, 0.2) is 0 Å². The van der Waals surface area contributed by atoms with Crippen molar-refractivity contribution in [2.75, 3.05) is 0 Å². The maximum absolute atomic E-state index is 14.0. The molecule has 0 atom stereocenters. The summed E-state index contributed by atoms with van der Waals surface area (Å²) in [6.45, 7) is 1.76. The molecule has 0 radical (unpaired) electrons. The Hall–Kier alpha value is -2.81. The Balaban J connectivity index is 2.36. The molecule has 3 aromatic rings. The van der Waals surface area contributed by atoms with Crippen molar-refractivity contribution in [3.8, 4) is 0 Å². The molecule has 1 heterocycles. The summed E-state index contributed by atoms with van der Waals surface area (Å²) in [5.41, 5.74) is 2.49. The summed E-state index contributed by atoms with van der Waals surface area (Å²) in [7, 11) is 0. The molecule has 3 rings (SSSR count). The largest absolute Gasteiger partial charge is 0.303 e. The Labute approximate surface area is 141 Å². The molecule has 3 heteroatoms. The van der Waals surface area contributed by atoms with Gasteiger partial charge in [0.1, 0.15) is 6.29 Å². The number of halogens is 1. The van der Waals surface area contributed by atoms with Gasteiger partial charge in [-0.1, -0.05) is 60.7 Å². The summed E-state index contributed by atoms with van der Waals surface area (Å²) in [5, 5.41) is 0. The van der Waals surface area contributed by atoms with Crippen molar-refractivity contribution in [1.29, 1.82) is 0 Å². The summed E-state index contributed by atoms with van der Waals surface area (Å²) in [6, 6.07) is 22.8. The first-order valence-corrected chi connectivity index (χ1v) is 7.86. The molecule has 0 spiro atoms. The molecule has 0 unspecified atom stereocenters. The van der Waals surface area contributed by atoms with Crippen LogP contribution in [0.15, 0.2) is 72.8 Å². The first-order valence-electron chi connectivity index (χ1n) is 7.86. The van der Waals surface area contributed by atoms with Gasteiger partial charge < -0.3 is 4.79 Å². The van der Waals surface area contributed by atoms with Crippen molar-refractivity contribution in [2.24, 2.45) is 0 Å². The lowest BCUT2D eigenvalue weighted by Crippen LogP contribution is -2.30. The van der Waals surface area contributed by atoms with E-state index in [0.29, 0.717) is 5.69 Å². The van der Waals surface area contributed by atoms with Crippen LogP contribution in [0.4, 0.5) is 4.39 Å². The number of hydrogen-bond acceptors (Lipinski definition) is 2. The second-order valence-corrected chi connectivity index (χ2v) is 5.83. The van der Waals surface area contributed by atoms with Crippen LogP contribution in [0.1, 0.15) is 28.8 Å². The molecular formula is C21H18FNO. The van der Waals surface area contributed by atoms with E-state index in [9.17, 15) is 9.18 Å². The summed E-state index contributed by atoms with van der Waals surface area (Å²) < 4.78 is 14.0. The highest BCUT2D eigenvalue weighted by molar-refractivity contribution is 5.62. The Morgan fingerprint density at radius 2 is 1.46 bits per heavy atom. The van der Waals surface area contributed by atoms with Gasteiger partial charge in [0.25, 0.3) is 0 Å². The van der Waals surface area contributed by atoms with Crippen molar-refractivity contribution in [1.82, 2.24) is 4.98 Å². The predicted molar refractivity (Wildman–Crippen MR) is 92.4 cm³/mol. The van der Waals surface area contributed by atoms with Gasteiger partial charge in [0.2, 0.25) is 5.95 Å². The van der Waals surface area contributed by atoms with Gasteiger partial charge in [-0.05, 0) is 35.7 Å². The van der Waals surface area contributed by atoms with Crippen molar-refractivity contribution in [2.45, 2.75) is 18.8 Å². The number of carbonyl (C=O) groups is 1. The summed E-state index contributed by atoms with van der Waals surface area (Å²) in [6.07, 6.45) is 1.12. The van der Waals surface area contributed by atoms with Crippen molar-refractivity contribution in [3.05, 3.63) is 101 Å². The normalized spacial score (nSPS) is 11.2. The molecule has 0 aliphatic heterocycles. The lowest BCUT2D eigenvalue weighted by atomic mass is 9.67. The molecule has 0 aliphatic carbocycles. The minimum Gasteiger partial charge on any atom is -0.303 e. The van der Waals surface area contributed by atoms with Crippen LogP contribution >= 0.6 is 0 Å². The van der Waals surface area contributed by atoms with E-state index >= 15 is 0 Å². The van der Waals surface area contributed by atoms with Crippen LogP contribution in [0.25, 0.3) is 0 Å². The SMILES string of the molecule is Cc1cc(C(CC=O)(c2ccccc2)c2ccccc2)cc(F)n1. The van der Waals surface area contributed by atoms with Crippen LogP contribution in [-0.4, -0.2) is 11.3 Å². The second kappa shape index (κ2) is 6.75. The number of benzene rings is 2. The van der Waals surface area contributed by atoms with E-state index in [4.69, 9.17) is 0 Å². The van der Waals surface area contributed by atoms with Crippen LogP contribution < -0.4 is 0 Å². The van der Waals surface area contributed by atoms with E-state index in [0.717, 1.165) is 23.0 Å². The highest BCUT2D eigenvalue weighted by Gasteiger charge is 2.36. The number of aromatic nitrogens is 1. The van der Waals surface area contributed by atoms with Crippen LogP contribution in [-0.2, 0) is 10.2 Å². The number of aryl methyl sites for hydroxylation is 1. The molecule has 0 fully saturated rings. The molecule has 120 valence electrons. The Bertz CT molecular complexity index is 771. The van der Waals surface area contributed by atoms with Crippen LogP contribution in [0.5, 0.6) is 0 Å². The maximum Gasteiger partial charge on any atom is 0.213 e. The minimum atomic E-state index is -0.737. The molecule has 0 saturated heterocycles. The minimum absolute atomic E-state index is 0.226. The molecule has 2 aromatic carbocycles. The van der Waals surface area contributed by atoms with Gasteiger partial charge >= 0.3 is 0 Å².